The highest BCUT2D eigenvalue weighted by atomic mass is 32.2. The number of anilines is 1. The van der Waals surface area contributed by atoms with Gasteiger partial charge in [0.05, 0.1) is 10.5 Å². The number of alkyl halides is 3. The Bertz CT molecular complexity index is 992. The molecule has 2 aromatic rings. The van der Waals surface area contributed by atoms with Crippen LogP contribution in [0.2, 0.25) is 0 Å². The summed E-state index contributed by atoms with van der Waals surface area (Å²) in [6.07, 6.45) is -2.20. The Morgan fingerprint density at radius 1 is 1.17 bits per heavy atom. The Balaban J connectivity index is 1.75. The van der Waals surface area contributed by atoms with Gasteiger partial charge in [0.15, 0.2) is 5.69 Å². The molecule has 11 heteroatoms. The summed E-state index contributed by atoms with van der Waals surface area (Å²) >= 11 is 0. The lowest BCUT2D eigenvalue weighted by Crippen LogP contribution is -2.37. The van der Waals surface area contributed by atoms with Crippen molar-refractivity contribution in [2.45, 2.75) is 30.8 Å². The minimum atomic E-state index is -4.77. The van der Waals surface area contributed by atoms with Crippen LogP contribution in [0.5, 0.6) is 0 Å². The van der Waals surface area contributed by atoms with E-state index in [1.807, 2.05) is 0 Å². The smallest absolute Gasteiger partial charge is 0.322 e. The molecule has 0 unspecified atom stereocenters. The molecule has 3 rings (SSSR count). The molecule has 1 saturated heterocycles. The SMILES string of the molecule is CC1CCN(S(=O)(=O)c2ccc(NC(=O)c3cn(C)nc3C(F)(F)F)cc2)CC1. The molecule has 0 saturated carbocycles. The number of hydrogen-bond donors (Lipinski definition) is 1. The van der Waals surface area contributed by atoms with Gasteiger partial charge in [-0.15, -0.1) is 0 Å². The standard InChI is InChI=1S/C18H21F3N4O3S/c1-12-7-9-25(10-8-12)29(27,28)14-5-3-13(4-6-14)22-17(26)15-11-24(2)23-16(15)18(19,20)21/h3-6,11-12H,7-10H2,1-2H3,(H,22,26). The topological polar surface area (TPSA) is 84.3 Å². The van der Waals surface area contributed by atoms with Gasteiger partial charge in [-0.1, -0.05) is 6.92 Å². The Morgan fingerprint density at radius 2 is 1.76 bits per heavy atom. The van der Waals surface area contributed by atoms with Gasteiger partial charge in [0.25, 0.3) is 5.91 Å². The number of aryl methyl sites for hydroxylation is 1. The van der Waals surface area contributed by atoms with Gasteiger partial charge in [0, 0.05) is 32.0 Å². The first-order chi connectivity index (χ1) is 13.5. The number of benzene rings is 1. The molecule has 1 N–H and O–H groups in total. The van der Waals surface area contributed by atoms with E-state index in [0.717, 1.165) is 23.7 Å². The number of hydrogen-bond acceptors (Lipinski definition) is 4. The third kappa shape index (κ3) is 4.61. The lowest BCUT2D eigenvalue weighted by Gasteiger charge is -2.29. The summed E-state index contributed by atoms with van der Waals surface area (Å²) in [7, 11) is -2.36. The molecule has 1 aromatic carbocycles. The van der Waals surface area contributed by atoms with Crippen LogP contribution in [0.4, 0.5) is 18.9 Å². The molecule has 1 aliphatic rings. The van der Waals surface area contributed by atoms with Crippen LogP contribution < -0.4 is 5.32 Å². The lowest BCUT2D eigenvalue weighted by molar-refractivity contribution is -0.141. The number of piperidine rings is 1. The van der Waals surface area contributed by atoms with E-state index in [4.69, 9.17) is 0 Å². The Hall–Kier alpha value is -2.40. The zero-order valence-electron chi connectivity index (χ0n) is 15.9. The number of rotatable bonds is 4. The predicted octanol–water partition coefficient (Wildman–Crippen LogP) is 3.11. The van der Waals surface area contributed by atoms with E-state index in [2.05, 4.69) is 17.3 Å². The minimum Gasteiger partial charge on any atom is -0.322 e. The highest BCUT2D eigenvalue weighted by Gasteiger charge is 2.39. The minimum absolute atomic E-state index is 0.0717. The molecule has 2 heterocycles. The quantitative estimate of drug-likeness (QED) is 0.808. The molecular formula is C18H21F3N4O3S. The van der Waals surface area contributed by atoms with Crippen LogP contribution in [0.15, 0.2) is 35.4 Å². The summed E-state index contributed by atoms with van der Waals surface area (Å²) < 4.78 is 66.8. The van der Waals surface area contributed by atoms with Crippen molar-refractivity contribution in [3.63, 3.8) is 0 Å². The molecule has 7 nitrogen and oxygen atoms in total. The van der Waals surface area contributed by atoms with Gasteiger partial charge in [0.1, 0.15) is 0 Å². The van der Waals surface area contributed by atoms with Crippen molar-refractivity contribution in [2.75, 3.05) is 18.4 Å². The van der Waals surface area contributed by atoms with Crippen molar-refractivity contribution < 1.29 is 26.4 Å². The van der Waals surface area contributed by atoms with E-state index in [-0.39, 0.29) is 10.6 Å². The van der Waals surface area contributed by atoms with E-state index in [1.54, 1.807) is 0 Å². The number of amides is 1. The zero-order valence-corrected chi connectivity index (χ0v) is 16.7. The van der Waals surface area contributed by atoms with Gasteiger partial charge in [-0.25, -0.2) is 8.42 Å². The first-order valence-electron chi connectivity index (χ1n) is 9.01. The fourth-order valence-corrected chi connectivity index (χ4v) is 4.62. The van der Waals surface area contributed by atoms with Gasteiger partial charge in [-0.2, -0.15) is 22.6 Å². The molecule has 1 fully saturated rings. The van der Waals surface area contributed by atoms with Crippen LogP contribution in [0.25, 0.3) is 0 Å². The maximum absolute atomic E-state index is 13.0. The molecular weight excluding hydrogens is 409 g/mol. The molecule has 1 amide bonds. The van der Waals surface area contributed by atoms with Crippen LogP contribution in [0.3, 0.4) is 0 Å². The first-order valence-corrected chi connectivity index (χ1v) is 10.4. The zero-order chi connectivity index (χ0) is 21.4. The van der Waals surface area contributed by atoms with Crippen molar-refractivity contribution >= 4 is 21.6 Å². The summed E-state index contributed by atoms with van der Waals surface area (Å²) in [5.74, 6) is -0.501. The van der Waals surface area contributed by atoms with Gasteiger partial charge in [-0.3, -0.25) is 9.48 Å². The van der Waals surface area contributed by atoms with E-state index in [9.17, 15) is 26.4 Å². The lowest BCUT2D eigenvalue weighted by atomic mass is 10.0. The van der Waals surface area contributed by atoms with Crippen molar-refractivity contribution in [3.05, 3.63) is 41.7 Å². The number of carbonyl (C=O) groups excluding carboxylic acids is 1. The molecule has 1 aromatic heterocycles. The van der Waals surface area contributed by atoms with Crippen LogP contribution >= 0.6 is 0 Å². The second-order valence-electron chi connectivity index (χ2n) is 7.13. The van der Waals surface area contributed by atoms with E-state index in [0.29, 0.717) is 19.0 Å². The molecule has 0 radical (unpaired) electrons. The molecule has 29 heavy (non-hydrogen) atoms. The second kappa shape index (κ2) is 7.79. The number of nitrogens with zero attached hydrogens (tertiary/aromatic N) is 3. The third-order valence-electron chi connectivity index (χ3n) is 4.83. The van der Waals surface area contributed by atoms with E-state index >= 15 is 0 Å². The van der Waals surface area contributed by atoms with Crippen molar-refractivity contribution in [3.8, 4) is 0 Å². The monoisotopic (exact) mass is 430 g/mol. The molecule has 158 valence electrons. The number of nitrogens with one attached hydrogen (secondary N) is 1. The summed E-state index contributed by atoms with van der Waals surface area (Å²) in [6.45, 7) is 2.97. The van der Waals surface area contributed by atoms with Gasteiger partial charge in [-0.05, 0) is 43.0 Å². The molecule has 1 aliphatic heterocycles. The average Bonchev–Trinajstić information content (AvgIpc) is 3.05. The van der Waals surface area contributed by atoms with Gasteiger partial charge >= 0.3 is 6.18 Å². The Labute approximate surface area is 166 Å². The average molecular weight is 430 g/mol. The van der Waals surface area contributed by atoms with Crippen LogP contribution in [0, 0.1) is 5.92 Å². The summed E-state index contributed by atoms with van der Waals surface area (Å²) in [5.41, 5.74) is -1.71. The summed E-state index contributed by atoms with van der Waals surface area (Å²) in [5, 5.41) is 5.64. The Morgan fingerprint density at radius 3 is 2.31 bits per heavy atom. The van der Waals surface area contributed by atoms with Crippen LogP contribution in [-0.2, 0) is 23.2 Å². The normalized spacial score (nSPS) is 16.7. The Kier molecular flexibility index (Phi) is 5.72. The second-order valence-corrected chi connectivity index (χ2v) is 9.07. The van der Waals surface area contributed by atoms with Gasteiger partial charge in [0.2, 0.25) is 10.0 Å². The highest BCUT2D eigenvalue weighted by molar-refractivity contribution is 7.89. The fourth-order valence-electron chi connectivity index (χ4n) is 3.15. The molecule has 0 bridgehead atoms. The fraction of sp³-hybridized carbons (Fsp3) is 0.444. The van der Waals surface area contributed by atoms with Crippen LogP contribution in [-0.4, -0.2) is 41.5 Å². The predicted molar refractivity (Wildman–Crippen MR) is 99.8 cm³/mol. The number of carbonyl (C=O) groups is 1. The summed E-state index contributed by atoms with van der Waals surface area (Å²) in [6, 6.07) is 5.36. The molecule has 0 atom stereocenters. The summed E-state index contributed by atoms with van der Waals surface area (Å²) in [4.78, 5) is 12.3. The van der Waals surface area contributed by atoms with Crippen LogP contribution in [0.1, 0.15) is 35.8 Å². The van der Waals surface area contributed by atoms with Crippen molar-refractivity contribution in [2.24, 2.45) is 13.0 Å². The highest BCUT2D eigenvalue weighted by Crippen LogP contribution is 2.31. The third-order valence-corrected chi connectivity index (χ3v) is 6.75. The van der Waals surface area contributed by atoms with Gasteiger partial charge < -0.3 is 5.32 Å². The largest absolute Gasteiger partial charge is 0.435 e. The molecule has 0 aliphatic carbocycles. The van der Waals surface area contributed by atoms with Crippen molar-refractivity contribution in [1.29, 1.82) is 0 Å². The first kappa shape index (κ1) is 21.3. The maximum atomic E-state index is 13.0. The number of halogens is 3. The van der Waals surface area contributed by atoms with E-state index < -0.39 is 33.4 Å². The molecule has 0 spiro atoms. The number of aromatic nitrogens is 2. The van der Waals surface area contributed by atoms with E-state index in [1.165, 1.54) is 35.6 Å². The maximum Gasteiger partial charge on any atom is 0.435 e. The van der Waals surface area contributed by atoms with Crippen molar-refractivity contribution in [1.82, 2.24) is 14.1 Å². The number of sulfonamides is 1.